The molecule has 0 saturated heterocycles. The van der Waals surface area contributed by atoms with Crippen molar-refractivity contribution in [2.45, 2.75) is 19.4 Å². The van der Waals surface area contributed by atoms with Crippen LogP contribution in [0.3, 0.4) is 0 Å². The lowest BCUT2D eigenvalue weighted by Crippen LogP contribution is -2.30. The molecular weight excluding hydrogens is 320 g/mol. The number of benzene rings is 3. The summed E-state index contributed by atoms with van der Waals surface area (Å²) in [6.45, 7) is 2.34. The Labute approximate surface area is 155 Å². The van der Waals surface area contributed by atoms with E-state index in [1.54, 1.807) is 0 Å². The van der Waals surface area contributed by atoms with E-state index >= 15 is 0 Å². The highest BCUT2D eigenvalue weighted by molar-refractivity contribution is 5.93. The summed E-state index contributed by atoms with van der Waals surface area (Å²) in [7, 11) is 0. The monoisotopic (exact) mass is 344 g/mol. The van der Waals surface area contributed by atoms with E-state index in [-0.39, 0.29) is 18.5 Å². The molecule has 0 aliphatic heterocycles. The number of anilines is 1. The van der Waals surface area contributed by atoms with E-state index in [4.69, 9.17) is 0 Å². The lowest BCUT2D eigenvalue weighted by Gasteiger charge is -2.15. The van der Waals surface area contributed by atoms with Crippen LogP contribution in [-0.2, 0) is 11.2 Å². The molecule has 0 bridgehead atoms. The van der Waals surface area contributed by atoms with Gasteiger partial charge in [-0.25, -0.2) is 0 Å². The summed E-state index contributed by atoms with van der Waals surface area (Å²) in [4.78, 5) is 12.4. The molecule has 3 aromatic carbocycles. The second kappa shape index (κ2) is 8.97. The van der Waals surface area contributed by atoms with Crippen LogP contribution in [0.2, 0.25) is 0 Å². The van der Waals surface area contributed by atoms with Gasteiger partial charge in [0, 0.05) is 11.7 Å². The highest BCUT2D eigenvalue weighted by atomic mass is 16.1. The van der Waals surface area contributed by atoms with Crippen molar-refractivity contribution in [1.29, 1.82) is 0 Å². The first kappa shape index (κ1) is 17.9. The van der Waals surface area contributed by atoms with Crippen molar-refractivity contribution in [1.82, 2.24) is 5.32 Å². The molecule has 132 valence electrons. The molecule has 1 atom stereocenters. The normalized spacial score (nSPS) is 11.7. The number of carbonyl (C=O) groups excluding carboxylic acids is 1. The van der Waals surface area contributed by atoms with Gasteiger partial charge in [-0.2, -0.15) is 0 Å². The third kappa shape index (κ3) is 5.04. The van der Waals surface area contributed by atoms with Crippen molar-refractivity contribution in [2.75, 3.05) is 11.9 Å². The quantitative estimate of drug-likeness (QED) is 0.659. The van der Waals surface area contributed by atoms with Crippen LogP contribution in [0.25, 0.3) is 0 Å². The Morgan fingerprint density at radius 1 is 0.846 bits per heavy atom. The van der Waals surface area contributed by atoms with Crippen LogP contribution in [0, 0.1) is 0 Å². The average molecular weight is 344 g/mol. The van der Waals surface area contributed by atoms with Gasteiger partial charge in [-0.05, 0) is 36.1 Å². The van der Waals surface area contributed by atoms with Crippen LogP contribution < -0.4 is 10.6 Å². The van der Waals surface area contributed by atoms with Crippen molar-refractivity contribution in [3.8, 4) is 0 Å². The van der Waals surface area contributed by atoms with Crippen molar-refractivity contribution < 1.29 is 4.79 Å². The van der Waals surface area contributed by atoms with Crippen LogP contribution >= 0.6 is 0 Å². The van der Waals surface area contributed by atoms with Crippen LogP contribution in [0.15, 0.2) is 84.9 Å². The molecule has 0 saturated carbocycles. The Morgan fingerprint density at radius 3 is 2.19 bits per heavy atom. The molecule has 0 heterocycles. The largest absolute Gasteiger partial charge is 0.325 e. The number of nitrogens with one attached hydrogen (secondary N) is 2. The van der Waals surface area contributed by atoms with Gasteiger partial charge in [-0.1, -0.05) is 78.9 Å². The number of rotatable bonds is 7. The minimum Gasteiger partial charge on any atom is -0.325 e. The molecule has 3 heteroatoms. The maximum atomic E-state index is 12.4. The van der Waals surface area contributed by atoms with E-state index in [0.29, 0.717) is 0 Å². The standard InChI is InChI=1S/C23H24N2O/c1-18(20-12-6-3-7-13-20)24-17-23(26)25-22-15-9-8-14-21(22)16-19-10-4-2-5-11-19/h2-15,18,24H,16-17H2,1H3,(H,25,26)/t18-/m0/s1. The van der Waals surface area contributed by atoms with Gasteiger partial charge in [0.25, 0.3) is 0 Å². The summed E-state index contributed by atoms with van der Waals surface area (Å²) < 4.78 is 0. The van der Waals surface area contributed by atoms with Gasteiger partial charge in [0.2, 0.25) is 5.91 Å². The fourth-order valence-electron chi connectivity index (χ4n) is 2.91. The molecule has 0 radical (unpaired) electrons. The third-order valence-corrected chi connectivity index (χ3v) is 4.40. The maximum absolute atomic E-state index is 12.4. The summed E-state index contributed by atoms with van der Waals surface area (Å²) in [6.07, 6.45) is 0.797. The van der Waals surface area contributed by atoms with E-state index in [0.717, 1.165) is 17.7 Å². The van der Waals surface area contributed by atoms with Gasteiger partial charge in [-0.15, -0.1) is 0 Å². The van der Waals surface area contributed by atoms with Gasteiger partial charge in [0.1, 0.15) is 0 Å². The molecule has 26 heavy (non-hydrogen) atoms. The smallest absolute Gasteiger partial charge is 0.238 e. The van der Waals surface area contributed by atoms with Crippen LogP contribution in [-0.4, -0.2) is 12.5 Å². The third-order valence-electron chi connectivity index (χ3n) is 4.40. The van der Waals surface area contributed by atoms with Gasteiger partial charge in [0.15, 0.2) is 0 Å². The lowest BCUT2D eigenvalue weighted by molar-refractivity contribution is -0.115. The first-order chi connectivity index (χ1) is 12.7. The second-order valence-corrected chi connectivity index (χ2v) is 6.38. The number of hydrogen-bond acceptors (Lipinski definition) is 2. The predicted octanol–water partition coefficient (Wildman–Crippen LogP) is 4.57. The van der Waals surface area contributed by atoms with E-state index < -0.39 is 0 Å². The number of para-hydroxylation sites is 1. The summed E-state index contributed by atoms with van der Waals surface area (Å²) >= 11 is 0. The van der Waals surface area contributed by atoms with E-state index in [9.17, 15) is 4.79 Å². The molecule has 0 unspecified atom stereocenters. The molecule has 3 rings (SSSR count). The van der Waals surface area contributed by atoms with E-state index in [2.05, 4.69) is 47.9 Å². The highest BCUT2D eigenvalue weighted by Crippen LogP contribution is 2.19. The van der Waals surface area contributed by atoms with Crippen molar-refractivity contribution in [3.05, 3.63) is 102 Å². The minimum absolute atomic E-state index is 0.0340. The summed E-state index contributed by atoms with van der Waals surface area (Å²) in [5, 5.41) is 6.31. The summed E-state index contributed by atoms with van der Waals surface area (Å²) in [6, 6.07) is 28.5. The van der Waals surface area contributed by atoms with Crippen LogP contribution in [0.5, 0.6) is 0 Å². The van der Waals surface area contributed by atoms with Crippen LogP contribution in [0.4, 0.5) is 5.69 Å². The average Bonchev–Trinajstić information content (AvgIpc) is 2.69. The predicted molar refractivity (Wildman–Crippen MR) is 107 cm³/mol. The second-order valence-electron chi connectivity index (χ2n) is 6.38. The van der Waals surface area contributed by atoms with Crippen molar-refractivity contribution in [2.24, 2.45) is 0 Å². The zero-order valence-corrected chi connectivity index (χ0v) is 15.0. The van der Waals surface area contributed by atoms with Gasteiger partial charge < -0.3 is 10.6 Å². The summed E-state index contributed by atoms with van der Waals surface area (Å²) in [5.41, 5.74) is 4.38. The number of amides is 1. The van der Waals surface area contributed by atoms with Crippen LogP contribution in [0.1, 0.15) is 29.7 Å². The zero-order valence-electron chi connectivity index (χ0n) is 15.0. The molecule has 0 fully saturated rings. The highest BCUT2D eigenvalue weighted by Gasteiger charge is 2.10. The molecule has 0 aromatic heterocycles. The van der Waals surface area contributed by atoms with Crippen molar-refractivity contribution >= 4 is 11.6 Å². The fourth-order valence-corrected chi connectivity index (χ4v) is 2.91. The molecule has 3 aromatic rings. The Kier molecular flexibility index (Phi) is 6.18. The maximum Gasteiger partial charge on any atom is 0.238 e. The van der Waals surface area contributed by atoms with Crippen molar-refractivity contribution in [3.63, 3.8) is 0 Å². The molecule has 1 amide bonds. The Bertz CT molecular complexity index is 831. The topological polar surface area (TPSA) is 41.1 Å². The van der Waals surface area contributed by atoms with Gasteiger partial charge in [-0.3, -0.25) is 4.79 Å². The Morgan fingerprint density at radius 2 is 1.46 bits per heavy atom. The van der Waals surface area contributed by atoms with Gasteiger partial charge in [0.05, 0.1) is 6.54 Å². The van der Waals surface area contributed by atoms with E-state index in [1.807, 2.05) is 54.6 Å². The Balaban J connectivity index is 1.59. The summed E-state index contributed by atoms with van der Waals surface area (Å²) in [5.74, 6) is -0.0340. The molecular formula is C23H24N2O. The Hall–Kier alpha value is -2.91. The molecule has 3 nitrogen and oxygen atoms in total. The zero-order chi connectivity index (χ0) is 18.2. The molecule has 0 aliphatic carbocycles. The molecule has 0 aliphatic rings. The lowest BCUT2D eigenvalue weighted by atomic mass is 10.0. The minimum atomic E-state index is -0.0340. The van der Waals surface area contributed by atoms with Gasteiger partial charge >= 0.3 is 0 Å². The fraction of sp³-hybridized carbons (Fsp3) is 0.174. The SMILES string of the molecule is C[C@H](NCC(=O)Nc1ccccc1Cc1ccccc1)c1ccccc1. The first-order valence-electron chi connectivity index (χ1n) is 8.92. The number of hydrogen-bond donors (Lipinski definition) is 2. The molecule has 2 N–H and O–H groups in total. The first-order valence-corrected chi connectivity index (χ1v) is 8.92. The van der Waals surface area contributed by atoms with E-state index in [1.165, 1.54) is 11.1 Å². The number of carbonyl (C=O) groups is 1. The molecule has 0 spiro atoms.